The van der Waals surface area contributed by atoms with Crippen LogP contribution in [-0.2, 0) is 0 Å². The number of rotatable bonds is 4. The summed E-state index contributed by atoms with van der Waals surface area (Å²) in [5.74, 6) is 5.23. The summed E-state index contributed by atoms with van der Waals surface area (Å²) in [5, 5.41) is 0. The molecule has 0 aromatic carbocycles. The minimum absolute atomic E-state index is 1.01. The van der Waals surface area contributed by atoms with Crippen molar-refractivity contribution < 1.29 is 0 Å². The normalized spacial score (nSPS) is 45.4. The lowest BCUT2D eigenvalue weighted by Gasteiger charge is -2.34. The molecule has 0 heterocycles. The van der Waals surface area contributed by atoms with Crippen molar-refractivity contribution >= 4 is 0 Å². The van der Waals surface area contributed by atoms with Crippen LogP contribution >= 0.6 is 0 Å². The van der Waals surface area contributed by atoms with E-state index in [0.717, 1.165) is 29.6 Å². The molecule has 0 N–H and O–H groups in total. The van der Waals surface area contributed by atoms with Crippen molar-refractivity contribution in [3.8, 4) is 0 Å². The van der Waals surface area contributed by atoms with E-state index in [1.54, 1.807) is 0 Å². The summed E-state index contributed by atoms with van der Waals surface area (Å²) in [6.07, 6.45) is 10.6. The molecule has 15 heavy (non-hydrogen) atoms. The lowest BCUT2D eigenvalue weighted by atomic mass is 9.72. The first-order valence-corrected chi connectivity index (χ1v) is 7.16. The molecule has 0 bridgehead atoms. The van der Waals surface area contributed by atoms with Crippen LogP contribution in [0.25, 0.3) is 0 Å². The molecule has 2 saturated carbocycles. The van der Waals surface area contributed by atoms with Gasteiger partial charge in [-0.1, -0.05) is 46.5 Å². The zero-order chi connectivity index (χ0) is 10.8. The van der Waals surface area contributed by atoms with E-state index in [0.29, 0.717) is 0 Å². The highest BCUT2D eigenvalue weighted by molar-refractivity contribution is 4.81. The second-order valence-corrected chi connectivity index (χ2v) is 6.56. The molecule has 0 saturated heterocycles. The summed E-state index contributed by atoms with van der Waals surface area (Å²) in [7, 11) is 0. The maximum absolute atomic E-state index is 2.47. The Morgan fingerprint density at radius 1 is 0.800 bits per heavy atom. The third kappa shape index (κ3) is 2.77. The van der Waals surface area contributed by atoms with Crippen LogP contribution in [0.3, 0.4) is 0 Å². The Labute approximate surface area is 95.8 Å². The lowest BCUT2D eigenvalue weighted by molar-refractivity contribution is 0.174. The van der Waals surface area contributed by atoms with Crippen molar-refractivity contribution in [3.05, 3.63) is 0 Å². The molecular weight excluding hydrogens is 180 g/mol. The summed E-state index contributed by atoms with van der Waals surface area (Å²) >= 11 is 0. The van der Waals surface area contributed by atoms with Crippen molar-refractivity contribution in [2.45, 2.75) is 65.7 Å². The van der Waals surface area contributed by atoms with Gasteiger partial charge < -0.3 is 0 Å². The molecular formula is C15H28. The standard InChI is InChI=1S/C15H28/c1-11-9-13(3)15(10-11)6-4-5-14-8-7-12(14)2/h11-15H,4-10H2,1-3H3. The van der Waals surface area contributed by atoms with E-state index in [-0.39, 0.29) is 0 Å². The molecule has 2 fully saturated rings. The van der Waals surface area contributed by atoms with Crippen LogP contribution in [0.15, 0.2) is 0 Å². The van der Waals surface area contributed by atoms with Gasteiger partial charge in [-0.15, -0.1) is 0 Å². The van der Waals surface area contributed by atoms with Crippen molar-refractivity contribution in [1.29, 1.82) is 0 Å². The quantitative estimate of drug-likeness (QED) is 0.617. The van der Waals surface area contributed by atoms with E-state index in [1.807, 2.05) is 0 Å². The lowest BCUT2D eigenvalue weighted by Crippen LogP contribution is -2.22. The second kappa shape index (κ2) is 4.89. The third-order valence-electron chi connectivity index (χ3n) is 5.23. The molecule has 0 nitrogen and oxygen atoms in total. The second-order valence-electron chi connectivity index (χ2n) is 6.56. The van der Waals surface area contributed by atoms with Gasteiger partial charge in [0, 0.05) is 0 Å². The maximum atomic E-state index is 2.47. The minimum Gasteiger partial charge on any atom is -0.0625 e. The van der Waals surface area contributed by atoms with Gasteiger partial charge in [0.15, 0.2) is 0 Å². The highest BCUT2D eigenvalue weighted by atomic mass is 14.4. The Hall–Kier alpha value is 0. The molecule has 0 aromatic heterocycles. The first kappa shape index (κ1) is 11.5. The van der Waals surface area contributed by atoms with E-state index >= 15 is 0 Å². The largest absolute Gasteiger partial charge is 0.0625 e. The molecule has 2 rings (SSSR count). The van der Waals surface area contributed by atoms with Gasteiger partial charge in [0.25, 0.3) is 0 Å². The van der Waals surface area contributed by atoms with Gasteiger partial charge in [0.05, 0.1) is 0 Å². The van der Waals surface area contributed by atoms with Crippen molar-refractivity contribution in [1.82, 2.24) is 0 Å². The van der Waals surface area contributed by atoms with Crippen LogP contribution < -0.4 is 0 Å². The average Bonchev–Trinajstić information content (AvgIpc) is 2.50. The summed E-state index contributed by atoms with van der Waals surface area (Å²) < 4.78 is 0. The Balaban J connectivity index is 1.61. The highest BCUT2D eigenvalue weighted by Gasteiger charge is 2.29. The zero-order valence-electron chi connectivity index (χ0n) is 10.8. The van der Waals surface area contributed by atoms with Crippen LogP contribution in [0.1, 0.15) is 65.7 Å². The van der Waals surface area contributed by atoms with Crippen LogP contribution in [0.2, 0.25) is 0 Å². The SMILES string of the molecule is CC1CC(C)C(CCCC2CCC2C)C1. The van der Waals surface area contributed by atoms with E-state index in [1.165, 1.54) is 44.9 Å². The minimum atomic E-state index is 1.01. The highest BCUT2D eigenvalue weighted by Crippen LogP contribution is 2.41. The van der Waals surface area contributed by atoms with Gasteiger partial charge in [-0.25, -0.2) is 0 Å². The van der Waals surface area contributed by atoms with E-state index in [4.69, 9.17) is 0 Å². The van der Waals surface area contributed by atoms with Crippen LogP contribution in [-0.4, -0.2) is 0 Å². The van der Waals surface area contributed by atoms with E-state index in [9.17, 15) is 0 Å². The smallest absolute Gasteiger partial charge is 0.0386 e. The Morgan fingerprint density at radius 2 is 1.53 bits per heavy atom. The third-order valence-corrected chi connectivity index (χ3v) is 5.23. The molecule has 0 spiro atoms. The molecule has 0 radical (unpaired) electrons. The molecule has 5 atom stereocenters. The predicted molar refractivity (Wildman–Crippen MR) is 66.8 cm³/mol. The fraction of sp³-hybridized carbons (Fsp3) is 1.00. The summed E-state index contributed by atoms with van der Waals surface area (Å²) in [4.78, 5) is 0. The van der Waals surface area contributed by atoms with Gasteiger partial charge in [-0.2, -0.15) is 0 Å². The summed E-state index contributed by atoms with van der Waals surface area (Å²) in [6.45, 7) is 7.35. The van der Waals surface area contributed by atoms with Crippen LogP contribution in [0.4, 0.5) is 0 Å². The molecule has 0 aromatic rings. The molecule has 0 amide bonds. The average molecular weight is 208 g/mol. The number of hydrogen-bond donors (Lipinski definition) is 0. The first-order valence-electron chi connectivity index (χ1n) is 7.16. The van der Waals surface area contributed by atoms with Gasteiger partial charge in [-0.3, -0.25) is 0 Å². The van der Waals surface area contributed by atoms with Gasteiger partial charge in [-0.05, 0) is 48.9 Å². The summed E-state index contributed by atoms with van der Waals surface area (Å²) in [6, 6.07) is 0. The first-order chi connectivity index (χ1) is 7.16. The molecule has 0 aliphatic heterocycles. The Bertz CT molecular complexity index is 196. The van der Waals surface area contributed by atoms with Gasteiger partial charge in [0.2, 0.25) is 0 Å². The molecule has 2 aliphatic carbocycles. The van der Waals surface area contributed by atoms with Gasteiger partial charge in [0.1, 0.15) is 0 Å². The molecule has 0 heteroatoms. The molecule has 5 unspecified atom stereocenters. The van der Waals surface area contributed by atoms with Crippen LogP contribution in [0.5, 0.6) is 0 Å². The van der Waals surface area contributed by atoms with Crippen molar-refractivity contribution in [2.75, 3.05) is 0 Å². The Morgan fingerprint density at radius 3 is 2.00 bits per heavy atom. The van der Waals surface area contributed by atoms with Crippen molar-refractivity contribution in [2.24, 2.45) is 29.6 Å². The molecule has 88 valence electrons. The van der Waals surface area contributed by atoms with Crippen LogP contribution in [0, 0.1) is 29.6 Å². The predicted octanol–water partition coefficient (Wildman–Crippen LogP) is 4.89. The molecule has 2 aliphatic rings. The fourth-order valence-electron chi connectivity index (χ4n) is 3.88. The summed E-state index contributed by atoms with van der Waals surface area (Å²) in [5.41, 5.74) is 0. The monoisotopic (exact) mass is 208 g/mol. The zero-order valence-corrected chi connectivity index (χ0v) is 10.8. The fourth-order valence-corrected chi connectivity index (χ4v) is 3.88. The maximum Gasteiger partial charge on any atom is -0.0386 e. The van der Waals surface area contributed by atoms with Crippen molar-refractivity contribution in [3.63, 3.8) is 0 Å². The number of hydrogen-bond acceptors (Lipinski definition) is 0. The van der Waals surface area contributed by atoms with E-state index in [2.05, 4.69) is 20.8 Å². The topological polar surface area (TPSA) is 0 Å². The van der Waals surface area contributed by atoms with E-state index < -0.39 is 0 Å². The van der Waals surface area contributed by atoms with Gasteiger partial charge >= 0.3 is 0 Å². The Kier molecular flexibility index (Phi) is 3.74.